The van der Waals surface area contributed by atoms with Crippen LogP contribution in [0, 0.1) is 5.82 Å². The number of hydrogen-bond acceptors (Lipinski definition) is 4. The fourth-order valence-electron chi connectivity index (χ4n) is 1.80. The minimum absolute atomic E-state index is 0.0256. The molecule has 0 bridgehead atoms. The second-order valence-electron chi connectivity index (χ2n) is 4.40. The van der Waals surface area contributed by atoms with Gasteiger partial charge in [0.2, 0.25) is 5.88 Å². The van der Waals surface area contributed by atoms with Crippen molar-refractivity contribution in [1.29, 1.82) is 0 Å². The van der Waals surface area contributed by atoms with Crippen LogP contribution in [-0.2, 0) is 4.74 Å². The van der Waals surface area contributed by atoms with Crippen molar-refractivity contribution in [1.82, 2.24) is 4.98 Å². The van der Waals surface area contributed by atoms with E-state index < -0.39 is 5.82 Å². The van der Waals surface area contributed by atoms with Crippen LogP contribution in [0.1, 0.15) is 11.3 Å². The summed E-state index contributed by atoms with van der Waals surface area (Å²) in [5.74, 6) is 0.426. The zero-order chi connectivity index (χ0) is 16.8. The Morgan fingerprint density at radius 1 is 1.17 bits per heavy atom. The molecule has 0 atom stereocenters. The van der Waals surface area contributed by atoms with Gasteiger partial charge in [-0.15, -0.1) is 0 Å². The van der Waals surface area contributed by atoms with Gasteiger partial charge in [-0.25, -0.2) is 9.37 Å². The first-order valence-electron chi connectivity index (χ1n) is 6.54. The predicted molar refractivity (Wildman–Crippen MR) is 94.0 cm³/mol. The zero-order valence-electron chi connectivity index (χ0n) is 12.5. The Hall–Kier alpha value is -1.44. The maximum absolute atomic E-state index is 14.2. The maximum atomic E-state index is 14.2. The van der Waals surface area contributed by atoms with Crippen molar-refractivity contribution in [2.24, 2.45) is 0 Å². The van der Waals surface area contributed by atoms with Gasteiger partial charge < -0.3 is 14.2 Å². The van der Waals surface area contributed by atoms with Crippen molar-refractivity contribution in [2.45, 2.75) is 0 Å². The predicted octanol–water partition coefficient (Wildman–Crippen LogP) is 4.91. The Morgan fingerprint density at radius 3 is 2.65 bits per heavy atom. The van der Waals surface area contributed by atoms with Gasteiger partial charge in [-0.2, -0.15) is 0 Å². The molecule has 0 saturated heterocycles. The quantitative estimate of drug-likeness (QED) is 0.591. The molecule has 122 valence electrons. The van der Waals surface area contributed by atoms with Gasteiger partial charge in [-0.1, -0.05) is 15.9 Å². The lowest BCUT2D eigenvalue weighted by molar-refractivity contribution is 0.0507. The molecule has 2 aromatic rings. The minimum atomic E-state index is -0.416. The first-order valence-corrected chi connectivity index (χ1v) is 8.13. The van der Waals surface area contributed by atoms with Gasteiger partial charge in [0.05, 0.1) is 18.4 Å². The van der Waals surface area contributed by atoms with Crippen molar-refractivity contribution >= 4 is 44.0 Å². The van der Waals surface area contributed by atoms with Crippen LogP contribution in [0.5, 0.6) is 11.6 Å². The van der Waals surface area contributed by atoms with Gasteiger partial charge in [0.15, 0.2) is 6.79 Å². The van der Waals surface area contributed by atoms with Crippen molar-refractivity contribution in [3.05, 3.63) is 50.3 Å². The fraction of sp³-hybridized carbons (Fsp3) is 0.188. The smallest absolute Gasteiger partial charge is 0.213 e. The average Bonchev–Trinajstić information content (AvgIpc) is 2.53. The summed E-state index contributed by atoms with van der Waals surface area (Å²) in [7, 11) is 3.04. The van der Waals surface area contributed by atoms with Crippen molar-refractivity contribution in [2.75, 3.05) is 21.0 Å². The van der Waals surface area contributed by atoms with Crippen LogP contribution in [0.15, 0.2) is 33.2 Å². The Labute approximate surface area is 150 Å². The van der Waals surface area contributed by atoms with Crippen molar-refractivity contribution in [3.63, 3.8) is 0 Å². The molecule has 2 rings (SSSR count). The van der Waals surface area contributed by atoms with Gasteiger partial charge in [-0.05, 0) is 46.3 Å². The van der Waals surface area contributed by atoms with Crippen LogP contribution >= 0.6 is 31.9 Å². The van der Waals surface area contributed by atoms with Crippen LogP contribution < -0.4 is 9.47 Å². The molecule has 4 nitrogen and oxygen atoms in total. The number of pyridine rings is 1. The molecular formula is C16H14Br2FNO3. The van der Waals surface area contributed by atoms with Crippen LogP contribution in [0.2, 0.25) is 0 Å². The van der Waals surface area contributed by atoms with Crippen LogP contribution in [0.25, 0.3) is 12.2 Å². The highest BCUT2D eigenvalue weighted by molar-refractivity contribution is 9.10. The number of rotatable bonds is 6. The Bertz CT molecular complexity index is 723. The van der Waals surface area contributed by atoms with Crippen LogP contribution in [0.4, 0.5) is 4.39 Å². The minimum Gasteiger partial charge on any atom is -0.481 e. The third-order valence-corrected chi connectivity index (χ3v) is 3.98. The number of methoxy groups -OCH3 is 2. The van der Waals surface area contributed by atoms with E-state index in [4.69, 9.17) is 14.2 Å². The van der Waals surface area contributed by atoms with E-state index in [-0.39, 0.29) is 6.79 Å². The number of benzene rings is 1. The molecular weight excluding hydrogens is 433 g/mol. The van der Waals surface area contributed by atoms with E-state index in [0.29, 0.717) is 27.4 Å². The molecule has 0 aliphatic carbocycles. The Kier molecular flexibility index (Phi) is 6.56. The van der Waals surface area contributed by atoms with Gasteiger partial charge in [0.1, 0.15) is 11.6 Å². The topological polar surface area (TPSA) is 40.6 Å². The molecule has 1 aromatic heterocycles. The van der Waals surface area contributed by atoms with Gasteiger partial charge in [-0.3, -0.25) is 0 Å². The van der Waals surface area contributed by atoms with E-state index in [1.807, 2.05) is 6.07 Å². The third kappa shape index (κ3) is 4.76. The summed E-state index contributed by atoms with van der Waals surface area (Å²) in [6, 6.07) is 6.59. The second-order valence-corrected chi connectivity index (χ2v) is 6.17. The van der Waals surface area contributed by atoms with Crippen LogP contribution in [-0.4, -0.2) is 26.0 Å². The molecule has 0 radical (unpaired) electrons. The summed E-state index contributed by atoms with van der Waals surface area (Å²) in [5.41, 5.74) is 0.922. The lowest BCUT2D eigenvalue weighted by Crippen LogP contribution is -2.01. The first-order chi connectivity index (χ1) is 11.0. The standard InChI is InChI=1S/C16H14Br2FNO3/c1-21-9-23-15-8-10(17)7-13(19)11(15)3-5-14-12(18)4-6-16(20-14)22-2/h3-8H,9H2,1-2H3/b5-3+. The second kappa shape index (κ2) is 8.42. The molecule has 23 heavy (non-hydrogen) atoms. The van der Waals surface area contributed by atoms with Gasteiger partial charge >= 0.3 is 0 Å². The molecule has 0 saturated carbocycles. The molecule has 1 aromatic carbocycles. The highest BCUT2D eigenvalue weighted by Crippen LogP contribution is 2.29. The van der Waals surface area contributed by atoms with E-state index in [1.165, 1.54) is 20.3 Å². The number of halogens is 3. The highest BCUT2D eigenvalue weighted by atomic mass is 79.9. The molecule has 0 spiro atoms. The summed E-state index contributed by atoms with van der Waals surface area (Å²) in [4.78, 5) is 4.29. The summed E-state index contributed by atoms with van der Waals surface area (Å²) in [6.07, 6.45) is 3.28. The first kappa shape index (κ1) is 17.9. The Morgan fingerprint density at radius 2 is 1.96 bits per heavy atom. The van der Waals surface area contributed by atoms with E-state index in [1.54, 1.807) is 24.3 Å². The fourth-order valence-corrected chi connectivity index (χ4v) is 2.56. The SMILES string of the molecule is COCOc1cc(Br)cc(F)c1/C=C/c1nc(OC)ccc1Br. The molecule has 0 fully saturated rings. The third-order valence-electron chi connectivity index (χ3n) is 2.85. The molecule has 0 aliphatic heterocycles. The summed E-state index contributed by atoms with van der Waals surface area (Å²) in [6.45, 7) is 0.0256. The monoisotopic (exact) mass is 445 g/mol. The van der Waals surface area contributed by atoms with Crippen molar-refractivity contribution in [3.8, 4) is 11.6 Å². The van der Waals surface area contributed by atoms with E-state index in [9.17, 15) is 4.39 Å². The molecule has 0 aliphatic rings. The molecule has 0 amide bonds. The summed E-state index contributed by atoms with van der Waals surface area (Å²) >= 11 is 6.65. The normalized spacial score (nSPS) is 11.0. The Balaban J connectivity index is 2.38. The molecule has 1 heterocycles. The summed E-state index contributed by atoms with van der Waals surface area (Å²) in [5, 5.41) is 0. The molecule has 7 heteroatoms. The maximum Gasteiger partial charge on any atom is 0.213 e. The lowest BCUT2D eigenvalue weighted by atomic mass is 10.1. The number of aromatic nitrogens is 1. The number of ether oxygens (including phenoxy) is 3. The summed E-state index contributed by atoms with van der Waals surface area (Å²) < 4.78 is 31.0. The largest absolute Gasteiger partial charge is 0.481 e. The number of nitrogens with zero attached hydrogens (tertiary/aromatic N) is 1. The van der Waals surface area contributed by atoms with E-state index in [0.717, 1.165) is 4.47 Å². The zero-order valence-corrected chi connectivity index (χ0v) is 15.6. The van der Waals surface area contributed by atoms with Gasteiger partial charge in [0, 0.05) is 22.1 Å². The lowest BCUT2D eigenvalue weighted by Gasteiger charge is -2.10. The highest BCUT2D eigenvalue weighted by Gasteiger charge is 2.10. The van der Waals surface area contributed by atoms with Gasteiger partial charge in [0.25, 0.3) is 0 Å². The average molecular weight is 447 g/mol. The van der Waals surface area contributed by atoms with E-state index in [2.05, 4.69) is 36.8 Å². The van der Waals surface area contributed by atoms with E-state index >= 15 is 0 Å². The molecule has 0 unspecified atom stereocenters. The molecule has 0 N–H and O–H groups in total. The van der Waals surface area contributed by atoms with Crippen molar-refractivity contribution < 1.29 is 18.6 Å². The van der Waals surface area contributed by atoms with Crippen LogP contribution in [0.3, 0.4) is 0 Å². The number of hydrogen-bond donors (Lipinski definition) is 0.